The summed E-state index contributed by atoms with van der Waals surface area (Å²) in [4.78, 5) is 15.2. The lowest BCUT2D eigenvalue weighted by Gasteiger charge is -2.04. The van der Waals surface area contributed by atoms with Gasteiger partial charge < -0.3 is 10.6 Å². The smallest absolute Gasteiger partial charge is 0.271 e. The molecular formula is C8H10ClN3O. The standard InChI is InChI=1S/C8H10ClN3O/c1-10-6-4-3-5(9)7(12-6)8(13)11-2/h3-4H,1-2H3,(H,10,12)(H,11,13). The first-order chi connectivity index (χ1) is 6.19. The molecule has 4 nitrogen and oxygen atoms in total. The van der Waals surface area contributed by atoms with Crippen LogP contribution in [0.25, 0.3) is 0 Å². The van der Waals surface area contributed by atoms with Crippen LogP contribution in [0.15, 0.2) is 12.1 Å². The van der Waals surface area contributed by atoms with Crippen molar-refractivity contribution in [2.75, 3.05) is 19.4 Å². The maximum absolute atomic E-state index is 11.2. The third-order valence-electron chi connectivity index (χ3n) is 1.54. The number of rotatable bonds is 2. The van der Waals surface area contributed by atoms with Crippen molar-refractivity contribution in [2.24, 2.45) is 0 Å². The number of anilines is 1. The number of hydrogen-bond donors (Lipinski definition) is 2. The number of carbonyl (C=O) groups is 1. The van der Waals surface area contributed by atoms with Crippen LogP contribution in [-0.2, 0) is 0 Å². The molecule has 0 aliphatic heterocycles. The Balaban J connectivity index is 3.11. The molecule has 1 heterocycles. The van der Waals surface area contributed by atoms with E-state index in [4.69, 9.17) is 11.6 Å². The Labute approximate surface area is 81.3 Å². The van der Waals surface area contributed by atoms with E-state index in [1.54, 1.807) is 19.2 Å². The lowest BCUT2D eigenvalue weighted by atomic mass is 10.3. The number of nitrogens with one attached hydrogen (secondary N) is 2. The third kappa shape index (κ3) is 2.09. The van der Waals surface area contributed by atoms with Crippen molar-refractivity contribution in [1.82, 2.24) is 10.3 Å². The first-order valence-corrected chi connectivity index (χ1v) is 4.13. The number of amides is 1. The lowest BCUT2D eigenvalue weighted by molar-refractivity contribution is 0.0958. The summed E-state index contributed by atoms with van der Waals surface area (Å²) < 4.78 is 0. The SMILES string of the molecule is CNC(=O)c1nc(NC)ccc1Cl. The molecule has 0 radical (unpaired) electrons. The zero-order valence-corrected chi connectivity index (χ0v) is 8.14. The summed E-state index contributed by atoms with van der Waals surface area (Å²) >= 11 is 5.78. The normalized spacial score (nSPS) is 9.46. The van der Waals surface area contributed by atoms with E-state index in [-0.39, 0.29) is 11.6 Å². The highest BCUT2D eigenvalue weighted by Crippen LogP contribution is 2.15. The summed E-state index contributed by atoms with van der Waals surface area (Å²) in [6, 6.07) is 3.33. The van der Waals surface area contributed by atoms with Gasteiger partial charge in [0, 0.05) is 14.1 Å². The second-order valence-corrected chi connectivity index (χ2v) is 2.76. The van der Waals surface area contributed by atoms with E-state index in [1.165, 1.54) is 7.05 Å². The van der Waals surface area contributed by atoms with Crippen LogP contribution in [0.3, 0.4) is 0 Å². The maximum atomic E-state index is 11.2. The first-order valence-electron chi connectivity index (χ1n) is 3.75. The third-order valence-corrected chi connectivity index (χ3v) is 1.85. The molecule has 1 aromatic heterocycles. The fraction of sp³-hybridized carbons (Fsp3) is 0.250. The van der Waals surface area contributed by atoms with E-state index in [0.29, 0.717) is 10.8 Å². The van der Waals surface area contributed by atoms with Crippen LogP contribution in [0.5, 0.6) is 0 Å². The Morgan fingerprint density at radius 1 is 1.46 bits per heavy atom. The molecular weight excluding hydrogens is 190 g/mol. The van der Waals surface area contributed by atoms with Crippen LogP contribution < -0.4 is 10.6 Å². The zero-order chi connectivity index (χ0) is 9.84. The Morgan fingerprint density at radius 2 is 2.15 bits per heavy atom. The number of carbonyl (C=O) groups excluding carboxylic acids is 1. The summed E-state index contributed by atoms with van der Waals surface area (Å²) in [5, 5.41) is 5.63. The predicted molar refractivity (Wildman–Crippen MR) is 52.2 cm³/mol. The minimum absolute atomic E-state index is 0.232. The maximum Gasteiger partial charge on any atom is 0.271 e. The van der Waals surface area contributed by atoms with E-state index in [0.717, 1.165) is 0 Å². The number of hydrogen-bond acceptors (Lipinski definition) is 3. The molecule has 0 saturated heterocycles. The van der Waals surface area contributed by atoms with Gasteiger partial charge in [0.15, 0.2) is 0 Å². The van der Waals surface area contributed by atoms with Crippen LogP contribution in [0.4, 0.5) is 5.82 Å². The highest BCUT2D eigenvalue weighted by atomic mass is 35.5. The van der Waals surface area contributed by atoms with E-state index in [9.17, 15) is 4.79 Å². The Bertz CT molecular complexity index is 327. The molecule has 0 atom stereocenters. The Kier molecular flexibility index (Phi) is 3.08. The van der Waals surface area contributed by atoms with Crippen LogP contribution >= 0.6 is 11.6 Å². The van der Waals surface area contributed by atoms with Gasteiger partial charge in [0.2, 0.25) is 0 Å². The van der Waals surface area contributed by atoms with Crippen molar-refractivity contribution in [1.29, 1.82) is 0 Å². The van der Waals surface area contributed by atoms with Crippen molar-refractivity contribution in [3.8, 4) is 0 Å². The van der Waals surface area contributed by atoms with Crippen molar-refractivity contribution < 1.29 is 4.79 Å². The van der Waals surface area contributed by atoms with Crippen LogP contribution in [-0.4, -0.2) is 25.0 Å². The number of pyridine rings is 1. The minimum Gasteiger partial charge on any atom is -0.373 e. The van der Waals surface area contributed by atoms with E-state index in [2.05, 4.69) is 15.6 Å². The molecule has 1 amide bonds. The summed E-state index contributed by atoms with van der Waals surface area (Å²) in [5.41, 5.74) is 0.232. The van der Waals surface area contributed by atoms with Gasteiger partial charge >= 0.3 is 0 Å². The molecule has 0 aliphatic carbocycles. The van der Waals surface area contributed by atoms with Gasteiger partial charge in [0.1, 0.15) is 11.5 Å². The van der Waals surface area contributed by atoms with Gasteiger partial charge in [0.25, 0.3) is 5.91 Å². The van der Waals surface area contributed by atoms with E-state index < -0.39 is 0 Å². The highest BCUT2D eigenvalue weighted by Gasteiger charge is 2.10. The highest BCUT2D eigenvalue weighted by molar-refractivity contribution is 6.33. The summed E-state index contributed by atoms with van der Waals surface area (Å²) in [5.74, 6) is 0.324. The molecule has 0 fully saturated rings. The quantitative estimate of drug-likeness (QED) is 0.751. The number of halogens is 1. The summed E-state index contributed by atoms with van der Waals surface area (Å²) in [6.07, 6.45) is 0. The molecule has 0 aliphatic rings. The molecule has 70 valence electrons. The minimum atomic E-state index is -0.290. The molecule has 0 aromatic carbocycles. The second-order valence-electron chi connectivity index (χ2n) is 2.36. The second kappa shape index (κ2) is 4.09. The van der Waals surface area contributed by atoms with Crippen molar-refractivity contribution >= 4 is 23.3 Å². The molecule has 1 rings (SSSR count). The molecule has 0 saturated carbocycles. The molecule has 1 aromatic rings. The van der Waals surface area contributed by atoms with E-state index >= 15 is 0 Å². The fourth-order valence-corrected chi connectivity index (χ4v) is 1.05. The Hall–Kier alpha value is -1.29. The van der Waals surface area contributed by atoms with Crippen molar-refractivity contribution in [2.45, 2.75) is 0 Å². The van der Waals surface area contributed by atoms with Gasteiger partial charge in [-0.15, -0.1) is 0 Å². The first kappa shape index (κ1) is 9.80. The molecule has 0 unspecified atom stereocenters. The summed E-state index contributed by atoms with van der Waals surface area (Å²) in [7, 11) is 3.26. The Morgan fingerprint density at radius 3 is 2.69 bits per heavy atom. The van der Waals surface area contributed by atoms with Crippen molar-refractivity contribution in [3.63, 3.8) is 0 Å². The van der Waals surface area contributed by atoms with Gasteiger partial charge in [0.05, 0.1) is 5.02 Å². The number of aromatic nitrogens is 1. The molecule has 2 N–H and O–H groups in total. The van der Waals surface area contributed by atoms with E-state index in [1.807, 2.05) is 0 Å². The van der Waals surface area contributed by atoms with Crippen LogP contribution in [0.1, 0.15) is 10.5 Å². The average Bonchev–Trinajstić information content (AvgIpc) is 2.17. The topological polar surface area (TPSA) is 54.0 Å². The molecule has 0 spiro atoms. The predicted octanol–water partition coefficient (Wildman–Crippen LogP) is 1.14. The van der Waals surface area contributed by atoms with Gasteiger partial charge in [-0.3, -0.25) is 4.79 Å². The lowest BCUT2D eigenvalue weighted by Crippen LogP contribution is -2.20. The van der Waals surface area contributed by atoms with Crippen LogP contribution in [0.2, 0.25) is 5.02 Å². The fourth-order valence-electron chi connectivity index (χ4n) is 0.859. The largest absolute Gasteiger partial charge is 0.373 e. The van der Waals surface area contributed by atoms with Crippen molar-refractivity contribution in [3.05, 3.63) is 22.8 Å². The van der Waals surface area contributed by atoms with Gasteiger partial charge in [-0.1, -0.05) is 11.6 Å². The monoisotopic (exact) mass is 199 g/mol. The summed E-state index contributed by atoms with van der Waals surface area (Å²) in [6.45, 7) is 0. The number of nitrogens with zero attached hydrogens (tertiary/aromatic N) is 1. The molecule has 13 heavy (non-hydrogen) atoms. The van der Waals surface area contributed by atoms with Gasteiger partial charge in [-0.05, 0) is 12.1 Å². The molecule has 5 heteroatoms. The molecule has 0 bridgehead atoms. The zero-order valence-electron chi connectivity index (χ0n) is 7.39. The van der Waals surface area contributed by atoms with Gasteiger partial charge in [-0.2, -0.15) is 0 Å². The van der Waals surface area contributed by atoms with Crippen LogP contribution in [0, 0.1) is 0 Å². The van der Waals surface area contributed by atoms with Gasteiger partial charge in [-0.25, -0.2) is 4.98 Å². The average molecular weight is 200 g/mol.